The highest BCUT2D eigenvalue weighted by Gasteiger charge is 2.14. The normalized spacial score (nSPS) is 14.9. The van der Waals surface area contributed by atoms with E-state index in [1.165, 1.54) is 17.8 Å². The average Bonchev–Trinajstić information content (AvgIpc) is 2.18. The van der Waals surface area contributed by atoms with Gasteiger partial charge in [-0.25, -0.2) is 0 Å². The third-order valence-electron chi connectivity index (χ3n) is 2.43. The number of rotatable bonds is 0. The fourth-order valence-corrected chi connectivity index (χ4v) is 1.69. The summed E-state index contributed by atoms with van der Waals surface area (Å²) in [7, 11) is 2.08. The van der Waals surface area contributed by atoms with Crippen molar-refractivity contribution in [1.82, 2.24) is 4.98 Å². The Morgan fingerprint density at radius 2 is 2.46 bits per heavy atom. The highest BCUT2D eigenvalue weighted by molar-refractivity contribution is 5.55. The monoisotopic (exact) mass is 172 g/mol. The summed E-state index contributed by atoms with van der Waals surface area (Å²) in [6.07, 6.45) is 9.36. The number of aromatic nitrogens is 1. The number of anilines is 1. The molecule has 0 radical (unpaired) electrons. The van der Waals surface area contributed by atoms with Crippen LogP contribution in [0, 0.1) is 12.3 Å². The Labute approximate surface area is 78.6 Å². The molecule has 0 unspecified atom stereocenters. The smallest absolute Gasteiger partial charge is 0.0638 e. The van der Waals surface area contributed by atoms with Crippen LogP contribution in [0.4, 0.5) is 5.69 Å². The molecule has 1 aromatic rings. The van der Waals surface area contributed by atoms with Crippen LogP contribution >= 0.6 is 0 Å². The predicted molar refractivity (Wildman–Crippen MR) is 53.8 cm³/mol. The van der Waals surface area contributed by atoms with E-state index in [9.17, 15) is 0 Å². The van der Waals surface area contributed by atoms with Crippen molar-refractivity contribution in [3.05, 3.63) is 23.5 Å². The molecular formula is C11H12N2. The second-order valence-electron chi connectivity index (χ2n) is 3.36. The number of fused-ring (bicyclic) bond motifs is 1. The van der Waals surface area contributed by atoms with Crippen molar-refractivity contribution in [2.45, 2.75) is 12.8 Å². The van der Waals surface area contributed by atoms with Gasteiger partial charge in [-0.2, -0.15) is 0 Å². The standard InChI is InChI=1S/C11H12N2/c1-3-9-7-11-10(12-8-9)5-4-6-13(11)2/h1,7-8H,4-6H2,2H3. The highest BCUT2D eigenvalue weighted by Crippen LogP contribution is 2.24. The number of pyridine rings is 1. The van der Waals surface area contributed by atoms with Gasteiger partial charge in [0, 0.05) is 25.4 Å². The quantitative estimate of drug-likeness (QED) is 0.550. The second kappa shape index (κ2) is 3.10. The van der Waals surface area contributed by atoms with Gasteiger partial charge in [-0.3, -0.25) is 4.98 Å². The van der Waals surface area contributed by atoms with Crippen molar-refractivity contribution < 1.29 is 0 Å². The lowest BCUT2D eigenvalue weighted by molar-refractivity contribution is 0.724. The maximum absolute atomic E-state index is 5.32. The zero-order valence-electron chi connectivity index (χ0n) is 7.75. The zero-order valence-corrected chi connectivity index (χ0v) is 7.75. The number of aryl methyl sites for hydroxylation is 1. The molecule has 0 fully saturated rings. The van der Waals surface area contributed by atoms with Crippen LogP contribution in [0.5, 0.6) is 0 Å². The predicted octanol–water partition coefficient (Wildman–Crippen LogP) is 1.45. The maximum Gasteiger partial charge on any atom is 0.0638 e. The number of terminal acetylenes is 1. The lowest BCUT2D eigenvalue weighted by Gasteiger charge is -2.26. The molecule has 13 heavy (non-hydrogen) atoms. The zero-order chi connectivity index (χ0) is 9.26. The van der Waals surface area contributed by atoms with Crippen molar-refractivity contribution in [2.24, 2.45) is 0 Å². The first-order chi connectivity index (χ1) is 6.31. The van der Waals surface area contributed by atoms with E-state index in [0.29, 0.717) is 0 Å². The Kier molecular flexibility index (Phi) is 1.94. The minimum Gasteiger partial charge on any atom is -0.373 e. The van der Waals surface area contributed by atoms with Crippen molar-refractivity contribution in [3.8, 4) is 12.3 Å². The van der Waals surface area contributed by atoms with Gasteiger partial charge in [-0.15, -0.1) is 6.42 Å². The molecule has 0 N–H and O–H groups in total. The van der Waals surface area contributed by atoms with Gasteiger partial charge in [0.15, 0.2) is 0 Å². The molecule has 0 aliphatic carbocycles. The van der Waals surface area contributed by atoms with Crippen LogP contribution in [0.25, 0.3) is 0 Å². The van der Waals surface area contributed by atoms with Crippen molar-refractivity contribution in [3.63, 3.8) is 0 Å². The summed E-state index contributed by atoms with van der Waals surface area (Å²) in [6.45, 7) is 1.10. The molecule has 0 aromatic carbocycles. The van der Waals surface area contributed by atoms with Gasteiger partial charge in [0.2, 0.25) is 0 Å². The molecule has 0 saturated heterocycles. The number of hydrogen-bond acceptors (Lipinski definition) is 2. The van der Waals surface area contributed by atoms with Crippen molar-refractivity contribution in [2.75, 3.05) is 18.5 Å². The van der Waals surface area contributed by atoms with Gasteiger partial charge < -0.3 is 4.90 Å². The average molecular weight is 172 g/mol. The number of hydrogen-bond donors (Lipinski definition) is 0. The fraction of sp³-hybridized carbons (Fsp3) is 0.364. The Morgan fingerprint density at radius 3 is 3.23 bits per heavy atom. The topological polar surface area (TPSA) is 16.1 Å². The molecule has 0 saturated carbocycles. The summed E-state index contributed by atoms with van der Waals surface area (Å²) >= 11 is 0. The summed E-state index contributed by atoms with van der Waals surface area (Å²) < 4.78 is 0. The first kappa shape index (κ1) is 8.12. The third kappa shape index (κ3) is 1.38. The van der Waals surface area contributed by atoms with Crippen LogP contribution < -0.4 is 4.90 Å². The van der Waals surface area contributed by atoms with Gasteiger partial charge in [-0.05, 0) is 18.9 Å². The highest BCUT2D eigenvalue weighted by atomic mass is 15.1. The largest absolute Gasteiger partial charge is 0.373 e. The number of nitrogens with zero attached hydrogens (tertiary/aromatic N) is 2. The summed E-state index contributed by atoms with van der Waals surface area (Å²) in [5.74, 6) is 2.61. The van der Waals surface area contributed by atoms with E-state index in [2.05, 4.69) is 22.9 Å². The molecule has 1 aliphatic rings. The fourth-order valence-electron chi connectivity index (χ4n) is 1.69. The van der Waals surface area contributed by atoms with E-state index in [1.807, 2.05) is 6.07 Å². The molecule has 2 nitrogen and oxygen atoms in total. The van der Waals surface area contributed by atoms with E-state index in [1.54, 1.807) is 6.20 Å². The van der Waals surface area contributed by atoms with E-state index >= 15 is 0 Å². The lowest BCUT2D eigenvalue weighted by atomic mass is 10.1. The van der Waals surface area contributed by atoms with Gasteiger partial charge in [-0.1, -0.05) is 5.92 Å². The second-order valence-corrected chi connectivity index (χ2v) is 3.36. The van der Waals surface area contributed by atoms with Gasteiger partial charge in [0.05, 0.1) is 11.4 Å². The first-order valence-corrected chi connectivity index (χ1v) is 4.48. The van der Waals surface area contributed by atoms with Crippen LogP contribution in [0.1, 0.15) is 17.7 Å². The summed E-state index contributed by atoms with van der Waals surface area (Å²) in [6, 6.07) is 2.04. The SMILES string of the molecule is C#Cc1cnc2c(c1)N(C)CCC2. The minimum atomic E-state index is 0.868. The molecule has 2 heteroatoms. The maximum atomic E-state index is 5.32. The molecule has 1 aliphatic heterocycles. The van der Waals surface area contributed by atoms with Gasteiger partial charge >= 0.3 is 0 Å². The molecule has 0 amide bonds. The molecule has 2 heterocycles. The molecule has 0 atom stereocenters. The van der Waals surface area contributed by atoms with Crippen molar-refractivity contribution >= 4 is 5.69 Å². The molecule has 2 rings (SSSR count). The molecule has 0 bridgehead atoms. The Bertz CT molecular complexity index is 363. The Hall–Kier alpha value is -1.49. The van der Waals surface area contributed by atoms with E-state index in [-0.39, 0.29) is 0 Å². The first-order valence-electron chi connectivity index (χ1n) is 4.48. The van der Waals surface area contributed by atoms with E-state index < -0.39 is 0 Å². The van der Waals surface area contributed by atoms with Gasteiger partial charge in [0.1, 0.15) is 0 Å². The Balaban J connectivity index is 2.48. The summed E-state index contributed by atoms with van der Waals surface area (Å²) in [5.41, 5.74) is 3.24. The van der Waals surface area contributed by atoms with Crippen molar-refractivity contribution in [1.29, 1.82) is 0 Å². The summed E-state index contributed by atoms with van der Waals surface area (Å²) in [4.78, 5) is 6.57. The molecule has 0 spiro atoms. The van der Waals surface area contributed by atoms with E-state index in [0.717, 1.165) is 18.5 Å². The van der Waals surface area contributed by atoms with Crippen LogP contribution in [-0.4, -0.2) is 18.6 Å². The lowest BCUT2D eigenvalue weighted by Crippen LogP contribution is -2.25. The molecular weight excluding hydrogens is 160 g/mol. The Morgan fingerprint density at radius 1 is 1.62 bits per heavy atom. The van der Waals surface area contributed by atoms with E-state index in [4.69, 9.17) is 6.42 Å². The van der Waals surface area contributed by atoms with Crippen LogP contribution in [0.2, 0.25) is 0 Å². The third-order valence-corrected chi connectivity index (χ3v) is 2.43. The van der Waals surface area contributed by atoms with Crippen LogP contribution in [-0.2, 0) is 6.42 Å². The van der Waals surface area contributed by atoms with Crippen LogP contribution in [0.15, 0.2) is 12.3 Å². The van der Waals surface area contributed by atoms with Crippen LogP contribution in [0.3, 0.4) is 0 Å². The minimum absolute atomic E-state index is 0.868. The molecule has 66 valence electrons. The molecule has 1 aromatic heterocycles. The summed E-state index contributed by atoms with van der Waals surface area (Å²) in [5, 5.41) is 0. The van der Waals surface area contributed by atoms with Gasteiger partial charge in [0.25, 0.3) is 0 Å².